The zero-order valence-corrected chi connectivity index (χ0v) is 17.5. The molecule has 2 aromatic heterocycles. The van der Waals surface area contributed by atoms with Crippen molar-refractivity contribution in [1.82, 2.24) is 19.7 Å². The topological polar surface area (TPSA) is 102 Å². The molecule has 0 unspecified atom stereocenters. The van der Waals surface area contributed by atoms with E-state index >= 15 is 4.39 Å². The lowest BCUT2D eigenvalue weighted by molar-refractivity contribution is 0.0697. The first-order valence-corrected chi connectivity index (χ1v) is 10.2. The van der Waals surface area contributed by atoms with Crippen molar-refractivity contribution < 1.29 is 19.0 Å². The van der Waals surface area contributed by atoms with Crippen molar-refractivity contribution in [2.45, 2.75) is 32.7 Å². The predicted molar refractivity (Wildman–Crippen MR) is 116 cm³/mol. The van der Waals surface area contributed by atoms with Gasteiger partial charge in [-0.2, -0.15) is 10.1 Å². The van der Waals surface area contributed by atoms with Gasteiger partial charge in [0, 0.05) is 23.7 Å². The molecule has 4 aromatic rings. The molecule has 0 amide bonds. The van der Waals surface area contributed by atoms with Gasteiger partial charge in [-0.05, 0) is 43.9 Å². The van der Waals surface area contributed by atoms with Crippen molar-refractivity contribution in [1.29, 1.82) is 0 Å². The first-order valence-electron chi connectivity index (χ1n) is 10.2. The van der Waals surface area contributed by atoms with Crippen LogP contribution in [0, 0.1) is 19.7 Å². The number of fused-ring (bicyclic) bond motifs is 1. The SMILES string of the molecule is Cc1cccc(C)c1Oc1cc2c(NC3CC3)nc(-n3cc(C(=O)O)cn3)nc2cc1F. The number of nitrogens with zero attached hydrogens (tertiary/aromatic N) is 4. The third-order valence-electron chi connectivity index (χ3n) is 5.31. The average molecular weight is 433 g/mol. The molecule has 2 heterocycles. The van der Waals surface area contributed by atoms with Gasteiger partial charge in [-0.1, -0.05) is 18.2 Å². The molecule has 0 radical (unpaired) electrons. The van der Waals surface area contributed by atoms with Crippen molar-refractivity contribution in [3.63, 3.8) is 0 Å². The Labute approximate surface area is 182 Å². The molecule has 0 aliphatic heterocycles. The number of carboxylic acids is 1. The number of ether oxygens (including phenoxy) is 1. The van der Waals surface area contributed by atoms with Crippen molar-refractivity contribution >= 4 is 22.7 Å². The summed E-state index contributed by atoms with van der Waals surface area (Å²) in [7, 11) is 0. The van der Waals surface area contributed by atoms with E-state index in [-0.39, 0.29) is 23.3 Å². The summed E-state index contributed by atoms with van der Waals surface area (Å²) in [5.74, 6) is -0.307. The monoisotopic (exact) mass is 433 g/mol. The van der Waals surface area contributed by atoms with Gasteiger partial charge in [-0.15, -0.1) is 0 Å². The number of hydrogen-bond donors (Lipinski definition) is 2. The number of hydrogen-bond acceptors (Lipinski definition) is 6. The Morgan fingerprint density at radius 3 is 2.62 bits per heavy atom. The minimum absolute atomic E-state index is 0.00827. The summed E-state index contributed by atoms with van der Waals surface area (Å²) in [6.07, 6.45) is 4.56. The fourth-order valence-corrected chi connectivity index (χ4v) is 3.44. The Kier molecular flexibility index (Phi) is 4.73. The van der Waals surface area contributed by atoms with Crippen molar-refractivity contribution in [2.24, 2.45) is 0 Å². The zero-order valence-electron chi connectivity index (χ0n) is 17.5. The summed E-state index contributed by atoms with van der Waals surface area (Å²) in [4.78, 5) is 20.1. The van der Waals surface area contributed by atoms with Crippen LogP contribution >= 0.6 is 0 Å². The van der Waals surface area contributed by atoms with Gasteiger partial charge >= 0.3 is 5.97 Å². The molecule has 162 valence electrons. The number of aromatic nitrogens is 4. The van der Waals surface area contributed by atoms with E-state index in [4.69, 9.17) is 9.84 Å². The number of carbonyl (C=O) groups is 1. The van der Waals surface area contributed by atoms with E-state index in [0.29, 0.717) is 22.5 Å². The molecule has 0 saturated heterocycles. The molecule has 32 heavy (non-hydrogen) atoms. The summed E-state index contributed by atoms with van der Waals surface area (Å²) in [5, 5.41) is 17.1. The minimum atomic E-state index is -1.10. The number of aromatic carboxylic acids is 1. The van der Waals surface area contributed by atoms with Crippen molar-refractivity contribution in [2.75, 3.05) is 5.32 Å². The van der Waals surface area contributed by atoms with Gasteiger partial charge in [0.2, 0.25) is 0 Å². The van der Waals surface area contributed by atoms with Gasteiger partial charge in [-0.3, -0.25) is 0 Å². The van der Waals surface area contributed by atoms with Crippen LogP contribution in [0.3, 0.4) is 0 Å². The number of aryl methyl sites for hydroxylation is 2. The van der Waals surface area contributed by atoms with Crippen LogP contribution in [0.2, 0.25) is 0 Å². The van der Waals surface area contributed by atoms with E-state index in [2.05, 4.69) is 20.4 Å². The number of halogens is 1. The predicted octanol–water partition coefficient (Wildman–Crippen LogP) is 4.64. The standard InChI is InChI=1S/C23H20FN5O3/c1-12-4-3-5-13(2)20(12)32-19-8-16-18(9-17(19)24)27-23(28-21(16)26-15-6-7-15)29-11-14(10-25-29)22(30)31/h3-5,8-11,15H,6-7H2,1-2H3,(H,30,31)(H,26,27,28). The Morgan fingerprint density at radius 2 is 1.97 bits per heavy atom. The van der Waals surface area contributed by atoms with Crippen molar-refractivity contribution in [3.8, 4) is 17.4 Å². The molecule has 8 nitrogen and oxygen atoms in total. The number of carboxylic acid groups (broad SMARTS) is 1. The van der Waals surface area contributed by atoms with Gasteiger partial charge in [0.05, 0.1) is 17.3 Å². The maximum atomic E-state index is 15.0. The molecule has 1 fully saturated rings. The molecule has 1 aliphatic carbocycles. The average Bonchev–Trinajstić information content (AvgIpc) is 3.42. The van der Waals surface area contributed by atoms with E-state index in [0.717, 1.165) is 24.0 Å². The smallest absolute Gasteiger partial charge is 0.338 e. The van der Waals surface area contributed by atoms with Gasteiger partial charge < -0.3 is 15.2 Å². The number of anilines is 1. The van der Waals surface area contributed by atoms with E-state index in [9.17, 15) is 4.79 Å². The highest BCUT2D eigenvalue weighted by Crippen LogP contribution is 2.35. The third-order valence-corrected chi connectivity index (χ3v) is 5.31. The highest BCUT2D eigenvalue weighted by Gasteiger charge is 2.24. The second kappa shape index (κ2) is 7.60. The second-order valence-electron chi connectivity index (χ2n) is 7.89. The van der Waals surface area contributed by atoms with Gasteiger partial charge in [0.25, 0.3) is 5.95 Å². The molecular formula is C23H20FN5O3. The highest BCUT2D eigenvalue weighted by atomic mass is 19.1. The summed E-state index contributed by atoms with van der Waals surface area (Å²) in [5.41, 5.74) is 2.17. The third kappa shape index (κ3) is 3.73. The van der Waals surface area contributed by atoms with Crippen LogP contribution in [-0.2, 0) is 0 Å². The van der Waals surface area contributed by atoms with Crippen LogP contribution < -0.4 is 10.1 Å². The maximum Gasteiger partial charge on any atom is 0.338 e. The largest absolute Gasteiger partial charge is 0.478 e. The lowest BCUT2D eigenvalue weighted by Gasteiger charge is -2.15. The molecular weight excluding hydrogens is 413 g/mol. The van der Waals surface area contributed by atoms with Crippen molar-refractivity contribution in [3.05, 3.63) is 65.2 Å². The lowest BCUT2D eigenvalue weighted by Crippen LogP contribution is -2.09. The van der Waals surface area contributed by atoms with Crippen LogP contribution in [0.5, 0.6) is 11.5 Å². The molecule has 0 bridgehead atoms. The number of benzene rings is 2. The molecule has 0 atom stereocenters. The molecule has 5 rings (SSSR count). The van der Waals surface area contributed by atoms with E-state index in [1.165, 1.54) is 23.1 Å². The fourth-order valence-electron chi connectivity index (χ4n) is 3.44. The van der Waals surface area contributed by atoms with E-state index in [1.54, 1.807) is 6.07 Å². The second-order valence-corrected chi connectivity index (χ2v) is 7.89. The quantitative estimate of drug-likeness (QED) is 0.457. The minimum Gasteiger partial charge on any atom is -0.478 e. The van der Waals surface area contributed by atoms with Gasteiger partial charge in [0.1, 0.15) is 11.6 Å². The molecule has 1 aliphatic rings. The van der Waals surface area contributed by atoms with Gasteiger partial charge in [-0.25, -0.2) is 18.9 Å². The summed E-state index contributed by atoms with van der Waals surface area (Å²) in [6, 6.07) is 8.91. The van der Waals surface area contributed by atoms with Crippen LogP contribution in [-0.4, -0.2) is 36.9 Å². The normalized spacial score (nSPS) is 13.3. The van der Waals surface area contributed by atoms with E-state index < -0.39 is 11.8 Å². The first-order chi connectivity index (χ1) is 15.4. The van der Waals surface area contributed by atoms with Crippen LogP contribution in [0.25, 0.3) is 16.9 Å². The molecule has 0 spiro atoms. The first kappa shape index (κ1) is 19.9. The molecule has 2 aromatic carbocycles. The van der Waals surface area contributed by atoms with E-state index in [1.807, 2.05) is 32.0 Å². The maximum absolute atomic E-state index is 15.0. The summed E-state index contributed by atoms with van der Waals surface area (Å²) >= 11 is 0. The Hall–Kier alpha value is -4.01. The molecule has 1 saturated carbocycles. The zero-order chi connectivity index (χ0) is 22.4. The molecule has 9 heteroatoms. The summed E-state index contributed by atoms with van der Waals surface area (Å²) < 4.78 is 22.2. The highest BCUT2D eigenvalue weighted by molar-refractivity contribution is 5.91. The van der Waals surface area contributed by atoms with Crippen LogP contribution in [0.15, 0.2) is 42.7 Å². The van der Waals surface area contributed by atoms with Crippen LogP contribution in [0.1, 0.15) is 34.3 Å². The Balaban J connectivity index is 1.62. The number of nitrogens with one attached hydrogen (secondary N) is 1. The fraction of sp³-hybridized carbons (Fsp3) is 0.217. The lowest BCUT2D eigenvalue weighted by atomic mass is 10.1. The number of rotatable bonds is 6. The molecule has 2 N–H and O–H groups in total. The Morgan fingerprint density at radius 1 is 1.22 bits per heavy atom. The number of para-hydroxylation sites is 1. The van der Waals surface area contributed by atoms with Crippen LogP contribution in [0.4, 0.5) is 10.2 Å². The summed E-state index contributed by atoms with van der Waals surface area (Å²) in [6.45, 7) is 3.82. The van der Waals surface area contributed by atoms with Gasteiger partial charge in [0.15, 0.2) is 11.6 Å². The Bertz CT molecular complexity index is 1340.